The minimum atomic E-state index is -0.181. The average molecular weight is 653 g/mol. The normalized spacial score (nSPS) is 15.6. The van der Waals surface area contributed by atoms with E-state index in [0.717, 1.165) is 39.6 Å². The summed E-state index contributed by atoms with van der Waals surface area (Å²) in [6.45, 7) is 2.45. The quantitative estimate of drug-likeness (QED) is 0.362. The van der Waals surface area contributed by atoms with E-state index in [2.05, 4.69) is 63.7 Å². The standard InChI is InChI=1S/C22H17Br3N6OS/c23-13-8-14(24)18(12(9-26)17(13)27)31-6-3-16-19(22(31)32)33-21(29-16)11-7-15(25)20(28-10-11)30-4-1-2-5-30/h7-8,10H,1-6,27H2. The van der Waals surface area contributed by atoms with E-state index in [1.54, 1.807) is 11.0 Å². The molecule has 5 rings (SSSR count). The van der Waals surface area contributed by atoms with Crippen LogP contribution in [0.1, 0.15) is 33.8 Å². The van der Waals surface area contributed by atoms with Gasteiger partial charge in [-0.1, -0.05) is 0 Å². The van der Waals surface area contributed by atoms with Gasteiger partial charge in [0.2, 0.25) is 0 Å². The Labute approximate surface area is 220 Å². The lowest BCUT2D eigenvalue weighted by Gasteiger charge is -2.28. The molecule has 0 aliphatic carbocycles. The molecular weight excluding hydrogens is 636 g/mol. The fraction of sp³-hybridized carbons (Fsp3) is 0.273. The van der Waals surface area contributed by atoms with Gasteiger partial charge in [0.1, 0.15) is 27.3 Å². The van der Waals surface area contributed by atoms with Crippen LogP contribution in [-0.2, 0) is 6.42 Å². The maximum absolute atomic E-state index is 13.5. The van der Waals surface area contributed by atoms with E-state index in [0.29, 0.717) is 38.2 Å². The van der Waals surface area contributed by atoms with Gasteiger partial charge >= 0.3 is 0 Å². The number of benzene rings is 1. The van der Waals surface area contributed by atoms with Gasteiger partial charge in [-0.05, 0) is 72.8 Å². The molecule has 2 aliphatic heterocycles. The molecule has 1 aromatic carbocycles. The summed E-state index contributed by atoms with van der Waals surface area (Å²) in [5.41, 5.74) is 8.82. The number of aromatic nitrogens is 2. The summed E-state index contributed by atoms with van der Waals surface area (Å²) in [6.07, 6.45) is 4.78. The number of carbonyl (C=O) groups excluding carboxylic acids is 1. The first-order valence-electron chi connectivity index (χ1n) is 10.3. The Morgan fingerprint density at radius 1 is 1.09 bits per heavy atom. The molecule has 1 fully saturated rings. The molecule has 1 saturated heterocycles. The number of halogens is 3. The summed E-state index contributed by atoms with van der Waals surface area (Å²) < 4.78 is 2.17. The Bertz CT molecular complexity index is 1330. The molecule has 0 spiro atoms. The molecule has 7 nitrogen and oxygen atoms in total. The first-order valence-corrected chi connectivity index (χ1v) is 13.5. The second kappa shape index (κ2) is 8.98. The van der Waals surface area contributed by atoms with Crippen LogP contribution in [0.15, 0.2) is 31.7 Å². The Morgan fingerprint density at radius 3 is 2.55 bits per heavy atom. The van der Waals surface area contributed by atoms with Crippen LogP contribution in [0.3, 0.4) is 0 Å². The number of nitrogens with two attached hydrogens (primary N) is 1. The highest BCUT2D eigenvalue weighted by Gasteiger charge is 2.33. The molecule has 1 amide bonds. The van der Waals surface area contributed by atoms with Gasteiger partial charge in [0.15, 0.2) is 0 Å². The maximum atomic E-state index is 13.5. The number of amides is 1. The topological polar surface area (TPSA) is 99.1 Å². The van der Waals surface area contributed by atoms with Crippen molar-refractivity contribution >= 4 is 82.2 Å². The molecule has 0 unspecified atom stereocenters. The number of rotatable bonds is 3. The molecule has 2 aromatic heterocycles. The zero-order valence-electron chi connectivity index (χ0n) is 17.2. The first kappa shape index (κ1) is 22.8. The number of fused-ring (bicyclic) bond motifs is 1. The van der Waals surface area contributed by atoms with Crippen molar-refractivity contribution < 1.29 is 4.79 Å². The molecule has 168 valence electrons. The molecular formula is C22H17Br3N6OS. The monoisotopic (exact) mass is 650 g/mol. The van der Waals surface area contributed by atoms with E-state index in [1.165, 1.54) is 24.2 Å². The summed E-state index contributed by atoms with van der Waals surface area (Å²) >= 11 is 11.9. The first-order chi connectivity index (χ1) is 15.9. The Hall–Kier alpha value is -2.00. The number of hydrogen-bond donors (Lipinski definition) is 1. The molecule has 0 radical (unpaired) electrons. The van der Waals surface area contributed by atoms with Crippen LogP contribution in [0, 0.1) is 11.3 Å². The summed E-state index contributed by atoms with van der Waals surface area (Å²) in [5.74, 6) is 0.765. The number of anilines is 3. The summed E-state index contributed by atoms with van der Waals surface area (Å²) in [4.78, 5) is 27.3. The predicted molar refractivity (Wildman–Crippen MR) is 141 cm³/mol. The van der Waals surface area contributed by atoms with Crippen molar-refractivity contribution in [3.8, 4) is 16.6 Å². The van der Waals surface area contributed by atoms with E-state index in [-0.39, 0.29) is 11.5 Å². The van der Waals surface area contributed by atoms with Crippen molar-refractivity contribution in [2.24, 2.45) is 0 Å². The SMILES string of the molecule is N#Cc1c(N)c(Br)cc(Br)c1N1CCc2nc(-c3cnc(N4CCCC4)c(Br)c3)sc2C1=O. The number of thiazole rings is 1. The zero-order chi connectivity index (χ0) is 23.3. The third-order valence-electron chi connectivity index (χ3n) is 5.81. The summed E-state index contributed by atoms with van der Waals surface area (Å²) in [6, 6.07) is 5.93. The number of nitriles is 1. The molecule has 4 heterocycles. The lowest BCUT2D eigenvalue weighted by atomic mass is 10.1. The molecule has 0 bridgehead atoms. The van der Waals surface area contributed by atoms with Crippen LogP contribution >= 0.6 is 59.1 Å². The van der Waals surface area contributed by atoms with E-state index in [9.17, 15) is 10.1 Å². The lowest BCUT2D eigenvalue weighted by molar-refractivity contribution is 0.0984. The second-order valence-electron chi connectivity index (χ2n) is 7.81. The van der Waals surface area contributed by atoms with Gasteiger partial charge in [-0.15, -0.1) is 11.3 Å². The average Bonchev–Trinajstić information content (AvgIpc) is 3.47. The maximum Gasteiger partial charge on any atom is 0.270 e. The highest BCUT2D eigenvalue weighted by Crippen LogP contribution is 2.42. The molecule has 0 atom stereocenters. The third kappa shape index (κ3) is 3.97. The van der Waals surface area contributed by atoms with Gasteiger partial charge in [0.25, 0.3) is 5.91 Å². The fourth-order valence-corrected chi connectivity index (χ4v) is 7.19. The zero-order valence-corrected chi connectivity index (χ0v) is 22.8. The van der Waals surface area contributed by atoms with Crippen LogP contribution in [0.2, 0.25) is 0 Å². The Kier molecular flexibility index (Phi) is 6.20. The summed E-state index contributed by atoms with van der Waals surface area (Å²) in [7, 11) is 0. The van der Waals surface area contributed by atoms with Gasteiger partial charge in [-0.3, -0.25) is 4.79 Å². The van der Waals surface area contributed by atoms with Gasteiger partial charge in [0, 0.05) is 46.8 Å². The highest BCUT2D eigenvalue weighted by atomic mass is 79.9. The minimum Gasteiger partial charge on any atom is -0.397 e. The molecule has 0 saturated carbocycles. The Morgan fingerprint density at radius 2 is 1.85 bits per heavy atom. The number of nitrogen functional groups attached to an aromatic ring is 1. The van der Waals surface area contributed by atoms with Gasteiger partial charge < -0.3 is 15.5 Å². The third-order valence-corrected chi connectivity index (χ3v) is 8.79. The minimum absolute atomic E-state index is 0.181. The van der Waals surface area contributed by atoms with Crippen molar-refractivity contribution in [1.82, 2.24) is 9.97 Å². The van der Waals surface area contributed by atoms with Crippen LogP contribution in [0.4, 0.5) is 17.2 Å². The van der Waals surface area contributed by atoms with Crippen LogP contribution in [0.25, 0.3) is 10.6 Å². The van der Waals surface area contributed by atoms with Crippen LogP contribution in [0.5, 0.6) is 0 Å². The summed E-state index contributed by atoms with van der Waals surface area (Å²) in [5, 5.41) is 10.5. The second-order valence-corrected chi connectivity index (χ2v) is 11.4. The number of carbonyl (C=O) groups is 1. The van der Waals surface area contributed by atoms with Crippen molar-refractivity contribution in [1.29, 1.82) is 5.26 Å². The molecule has 2 aliphatic rings. The fourth-order valence-electron chi connectivity index (χ4n) is 4.18. The lowest BCUT2D eigenvalue weighted by Crippen LogP contribution is -2.37. The Balaban J connectivity index is 1.49. The van der Waals surface area contributed by atoms with Crippen LogP contribution in [-0.4, -0.2) is 35.5 Å². The molecule has 2 N–H and O–H groups in total. The number of pyridine rings is 1. The predicted octanol–water partition coefficient (Wildman–Crippen LogP) is 5.75. The number of nitrogens with zero attached hydrogens (tertiary/aromatic N) is 5. The van der Waals surface area contributed by atoms with E-state index in [1.807, 2.05) is 12.3 Å². The molecule has 11 heteroatoms. The van der Waals surface area contributed by atoms with E-state index >= 15 is 0 Å². The van der Waals surface area contributed by atoms with Crippen molar-refractivity contribution in [3.63, 3.8) is 0 Å². The van der Waals surface area contributed by atoms with E-state index in [4.69, 9.17) is 10.7 Å². The van der Waals surface area contributed by atoms with Crippen LogP contribution < -0.4 is 15.5 Å². The van der Waals surface area contributed by atoms with Gasteiger partial charge in [-0.25, -0.2) is 9.97 Å². The largest absolute Gasteiger partial charge is 0.397 e. The smallest absolute Gasteiger partial charge is 0.270 e. The van der Waals surface area contributed by atoms with Crippen molar-refractivity contribution in [3.05, 3.63) is 47.9 Å². The van der Waals surface area contributed by atoms with Gasteiger partial charge in [-0.2, -0.15) is 5.26 Å². The highest BCUT2D eigenvalue weighted by molar-refractivity contribution is 9.11. The molecule has 3 aromatic rings. The van der Waals surface area contributed by atoms with Crippen molar-refractivity contribution in [2.45, 2.75) is 19.3 Å². The van der Waals surface area contributed by atoms with Gasteiger partial charge in [0.05, 0.1) is 21.5 Å². The molecule has 33 heavy (non-hydrogen) atoms. The number of hydrogen-bond acceptors (Lipinski definition) is 7. The van der Waals surface area contributed by atoms with E-state index < -0.39 is 0 Å². The van der Waals surface area contributed by atoms with Crippen molar-refractivity contribution in [2.75, 3.05) is 35.2 Å².